The zero-order valence-electron chi connectivity index (χ0n) is 36.3. The number of aliphatic hydroxyl groups excluding tert-OH is 2. The number of aliphatic hydroxyl groups is 2. The second-order valence-corrected chi connectivity index (χ2v) is 14.2. The fourth-order valence-corrected chi connectivity index (χ4v) is 5.97. The summed E-state index contributed by atoms with van der Waals surface area (Å²) in [4.78, 5) is 35.2. The van der Waals surface area contributed by atoms with Crippen LogP contribution in [0.4, 0.5) is 11.4 Å². The van der Waals surface area contributed by atoms with Crippen LogP contribution in [-0.2, 0) is 37.1 Å². The number of nitrogens with zero attached hydrogens (tertiary/aromatic N) is 2. The topological polar surface area (TPSA) is 135 Å². The van der Waals surface area contributed by atoms with Gasteiger partial charge in [0.15, 0.2) is 0 Å². The van der Waals surface area contributed by atoms with E-state index in [1.54, 1.807) is 0 Å². The number of unbranched alkanes of at least 4 members (excludes halogenated alkanes) is 5. The van der Waals surface area contributed by atoms with Crippen LogP contribution in [0, 0.1) is 0 Å². The molecular formula is C49H68N2O9. The molecule has 0 aromatic heterocycles. The second-order valence-electron chi connectivity index (χ2n) is 14.2. The summed E-state index contributed by atoms with van der Waals surface area (Å²) in [7, 11) is 0. The molecule has 0 aliphatic heterocycles. The lowest BCUT2D eigenvalue weighted by molar-refractivity contribution is -0.156. The first kappa shape index (κ1) is 50.8. The molecule has 328 valence electrons. The zero-order chi connectivity index (χ0) is 43.6. The summed E-state index contributed by atoms with van der Waals surface area (Å²) >= 11 is 0. The first-order valence-corrected chi connectivity index (χ1v) is 21.2. The van der Waals surface area contributed by atoms with Crippen molar-refractivity contribution >= 4 is 29.3 Å². The normalized spacial score (nSPS) is 10.2. The maximum absolute atomic E-state index is 10.9. The molecule has 0 amide bonds. The fraction of sp³-hybridized carbons (Fsp3) is 0.449. The Hall–Kier alpha value is -5.39. The highest BCUT2D eigenvalue weighted by Gasteiger charge is 2.10. The lowest BCUT2D eigenvalue weighted by Crippen LogP contribution is -2.26. The molecule has 0 fully saturated rings. The summed E-state index contributed by atoms with van der Waals surface area (Å²) in [5, 5.41) is 18.0. The van der Waals surface area contributed by atoms with Crippen LogP contribution in [0.15, 0.2) is 109 Å². The number of rotatable bonds is 25. The van der Waals surface area contributed by atoms with Gasteiger partial charge in [-0.25, -0.2) is 0 Å². The third-order valence-corrected chi connectivity index (χ3v) is 8.98. The molecule has 0 heterocycles. The van der Waals surface area contributed by atoms with Gasteiger partial charge in [-0.05, 0) is 80.3 Å². The van der Waals surface area contributed by atoms with E-state index < -0.39 is 11.9 Å². The van der Waals surface area contributed by atoms with E-state index in [-0.39, 0.29) is 19.2 Å². The molecule has 0 aliphatic rings. The predicted octanol–water partition coefficient (Wildman–Crippen LogP) is 9.32. The molecule has 0 saturated carbocycles. The molecule has 0 aliphatic carbocycles. The molecule has 4 aromatic rings. The van der Waals surface area contributed by atoms with Gasteiger partial charge in [0, 0.05) is 83.7 Å². The average molecular weight is 829 g/mol. The summed E-state index contributed by atoms with van der Waals surface area (Å²) < 4.78 is 20.9. The van der Waals surface area contributed by atoms with E-state index >= 15 is 0 Å². The van der Waals surface area contributed by atoms with Gasteiger partial charge in [-0.3, -0.25) is 14.4 Å². The Morgan fingerprint density at radius 3 is 1.28 bits per heavy atom. The van der Waals surface area contributed by atoms with Crippen molar-refractivity contribution in [3.8, 4) is 11.5 Å². The van der Waals surface area contributed by atoms with Crippen LogP contribution in [-0.4, -0.2) is 74.1 Å². The summed E-state index contributed by atoms with van der Waals surface area (Å²) in [5.74, 6) is 0.417. The molecule has 0 atom stereocenters. The van der Waals surface area contributed by atoms with Crippen molar-refractivity contribution in [2.45, 2.75) is 98.7 Å². The van der Waals surface area contributed by atoms with Crippen molar-refractivity contribution in [2.24, 2.45) is 0 Å². The van der Waals surface area contributed by atoms with Crippen molar-refractivity contribution in [1.29, 1.82) is 0 Å². The van der Waals surface area contributed by atoms with E-state index in [1.807, 2.05) is 54.6 Å². The summed E-state index contributed by atoms with van der Waals surface area (Å²) in [6.45, 7) is 11.9. The highest BCUT2D eigenvalue weighted by atomic mass is 16.6. The number of benzene rings is 4. The van der Waals surface area contributed by atoms with Gasteiger partial charge < -0.3 is 39.0 Å². The highest BCUT2D eigenvalue weighted by molar-refractivity contribution is 5.82. The third-order valence-electron chi connectivity index (χ3n) is 8.98. The van der Waals surface area contributed by atoms with E-state index in [0.717, 1.165) is 93.0 Å². The lowest BCUT2D eigenvalue weighted by Gasteiger charge is -2.25. The van der Waals surface area contributed by atoms with Crippen LogP contribution in [0.2, 0.25) is 0 Å². The maximum Gasteiger partial charge on any atom is 0.310 e. The first-order valence-electron chi connectivity index (χ1n) is 21.2. The number of carbonyl (C=O) groups excluding carboxylic acids is 3. The van der Waals surface area contributed by atoms with Crippen LogP contribution in [0.3, 0.4) is 0 Å². The van der Waals surface area contributed by atoms with Crippen LogP contribution < -0.4 is 19.3 Å². The van der Waals surface area contributed by atoms with Crippen molar-refractivity contribution in [3.63, 3.8) is 0 Å². The molecule has 0 unspecified atom stereocenters. The summed E-state index contributed by atoms with van der Waals surface area (Å²) in [5.41, 5.74) is 4.63. The molecule has 0 saturated heterocycles. The highest BCUT2D eigenvalue weighted by Crippen LogP contribution is 2.25. The van der Waals surface area contributed by atoms with Crippen molar-refractivity contribution < 1.29 is 43.5 Å². The molecule has 11 nitrogen and oxygen atoms in total. The van der Waals surface area contributed by atoms with Crippen LogP contribution in [0.5, 0.6) is 11.5 Å². The maximum atomic E-state index is 10.9. The molecule has 60 heavy (non-hydrogen) atoms. The third kappa shape index (κ3) is 24.5. The molecule has 2 N–H and O–H groups in total. The van der Waals surface area contributed by atoms with Crippen molar-refractivity contribution in [2.75, 3.05) is 55.8 Å². The molecule has 4 aromatic carbocycles. The SMILES string of the molecule is CC(=O)OC(C)=O.CCCCCN(CCCCOC(C)=O)c1cccc(OCc2ccccc2)c1.OCCCCN(CCCCO)c1cccc(OCc2ccccc2)c1. The van der Waals surface area contributed by atoms with Gasteiger partial charge in [0.25, 0.3) is 0 Å². The molecule has 0 radical (unpaired) electrons. The Morgan fingerprint density at radius 2 is 0.917 bits per heavy atom. The Balaban J connectivity index is 0.000000358. The van der Waals surface area contributed by atoms with Crippen molar-refractivity contribution in [3.05, 3.63) is 120 Å². The summed E-state index contributed by atoms with van der Waals surface area (Å²) in [6, 6.07) is 36.8. The first-order chi connectivity index (χ1) is 29.1. The van der Waals surface area contributed by atoms with E-state index in [2.05, 4.69) is 76.1 Å². The van der Waals surface area contributed by atoms with Gasteiger partial charge in [0.05, 0.1) is 6.61 Å². The van der Waals surface area contributed by atoms with Crippen LogP contribution >= 0.6 is 0 Å². The van der Waals surface area contributed by atoms with Gasteiger partial charge in [0.1, 0.15) is 24.7 Å². The molecule has 11 heteroatoms. The van der Waals surface area contributed by atoms with Gasteiger partial charge in [-0.2, -0.15) is 0 Å². The number of hydrogen-bond donors (Lipinski definition) is 2. The van der Waals surface area contributed by atoms with Gasteiger partial charge in [-0.1, -0.05) is 92.6 Å². The minimum atomic E-state index is -0.562. The van der Waals surface area contributed by atoms with E-state index in [0.29, 0.717) is 19.8 Å². The molecular weight excluding hydrogens is 761 g/mol. The molecule has 0 bridgehead atoms. The Kier molecular flexibility index (Phi) is 27.5. The second kappa shape index (κ2) is 32.5. The fourth-order valence-electron chi connectivity index (χ4n) is 5.97. The largest absolute Gasteiger partial charge is 0.489 e. The minimum absolute atomic E-state index is 0.205. The monoisotopic (exact) mass is 828 g/mol. The zero-order valence-corrected chi connectivity index (χ0v) is 36.3. The average Bonchev–Trinajstić information content (AvgIpc) is 3.24. The van der Waals surface area contributed by atoms with Gasteiger partial charge in [0.2, 0.25) is 0 Å². The quantitative estimate of drug-likeness (QED) is 0.0376. The van der Waals surface area contributed by atoms with Crippen LogP contribution in [0.1, 0.15) is 96.6 Å². The smallest absolute Gasteiger partial charge is 0.310 e. The predicted molar refractivity (Wildman–Crippen MR) is 239 cm³/mol. The van der Waals surface area contributed by atoms with Crippen LogP contribution in [0.25, 0.3) is 0 Å². The summed E-state index contributed by atoms with van der Waals surface area (Å²) in [6.07, 6.45) is 9.00. The van der Waals surface area contributed by atoms with Crippen molar-refractivity contribution in [1.82, 2.24) is 0 Å². The number of esters is 3. The van der Waals surface area contributed by atoms with Gasteiger partial charge >= 0.3 is 17.9 Å². The molecule has 4 rings (SSSR count). The van der Waals surface area contributed by atoms with E-state index in [4.69, 9.17) is 24.4 Å². The number of hydrogen-bond acceptors (Lipinski definition) is 11. The lowest BCUT2D eigenvalue weighted by atomic mass is 10.2. The Bertz CT molecular complexity index is 1700. The molecule has 0 spiro atoms. The Morgan fingerprint density at radius 1 is 0.500 bits per heavy atom. The van der Waals surface area contributed by atoms with E-state index in [9.17, 15) is 14.4 Å². The Labute approximate surface area is 358 Å². The van der Waals surface area contributed by atoms with Gasteiger partial charge in [-0.15, -0.1) is 0 Å². The number of anilines is 2. The number of ether oxygens (including phenoxy) is 4. The van der Waals surface area contributed by atoms with E-state index in [1.165, 1.54) is 45.7 Å². The standard InChI is InChI=1S/C24H33NO3.C21H29NO3.C4H6O3/c1-3-4-8-16-25(17-9-10-18-27-21(2)26)23-14-11-15-24(19-23)28-20-22-12-6-5-7-13-22;23-15-6-4-13-22(14-5-7-16-24)20-11-8-12-21(17-20)25-18-19-9-2-1-3-10-19;1-3(5)7-4(2)6/h5-7,11-15,19H,3-4,8-10,16-18,20H2,1-2H3;1-3,8-12,17,23-24H,4-7,13-16,18H2;1-2H3. The minimum Gasteiger partial charge on any atom is -0.489 e. The number of carbonyl (C=O) groups is 3.